The molecule has 0 saturated carbocycles. The van der Waals surface area contributed by atoms with E-state index in [1.807, 2.05) is 18.9 Å². The normalized spacial score (nSPS) is 18.2. The number of aliphatic hydroxyl groups is 1. The maximum Gasteiger partial charge on any atom is 0.416 e. The molecular formula is C30H33F3N4O4. The van der Waals surface area contributed by atoms with E-state index in [0.29, 0.717) is 36.4 Å². The summed E-state index contributed by atoms with van der Waals surface area (Å²) in [5.41, 5.74) is 0.947. The van der Waals surface area contributed by atoms with E-state index in [1.165, 1.54) is 24.5 Å². The van der Waals surface area contributed by atoms with Crippen molar-refractivity contribution in [3.63, 3.8) is 0 Å². The van der Waals surface area contributed by atoms with E-state index in [0.717, 1.165) is 12.1 Å². The Balaban J connectivity index is 1.63. The molecule has 2 heterocycles. The van der Waals surface area contributed by atoms with Crippen LogP contribution in [0.4, 0.5) is 18.9 Å². The highest BCUT2D eigenvalue weighted by Gasteiger charge is 2.35. The number of aromatic nitrogens is 1. The van der Waals surface area contributed by atoms with Crippen molar-refractivity contribution in [3.8, 4) is 5.75 Å². The van der Waals surface area contributed by atoms with Gasteiger partial charge in [0.25, 0.3) is 11.8 Å². The van der Waals surface area contributed by atoms with Crippen LogP contribution < -0.4 is 10.1 Å². The number of nitrogens with one attached hydrogen (secondary N) is 1. The third-order valence-electron chi connectivity index (χ3n) is 7.11. The highest BCUT2D eigenvalue weighted by molar-refractivity contribution is 6.07. The SMILES string of the molecule is C[C@H](CO)N1C[C@H](C)C(CN(C)Cc2ccc(C(F)(F)F)cc2)Oc2c(NC(=O)c3ccncc3)cccc2C1=O. The zero-order valence-electron chi connectivity index (χ0n) is 23.1. The minimum atomic E-state index is -4.40. The van der Waals surface area contributed by atoms with E-state index in [2.05, 4.69) is 10.3 Å². The first-order valence-electron chi connectivity index (χ1n) is 13.3. The van der Waals surface area contributed by atoms with Gasteiger partial charge in [0.15, 0.2) is 5.75 Å². The molecule has 11 heteroatoms. The van der Waals surface area contributed by atoms with E-state index in [-0.39, 0.29) is 29.7 Å². The zero-order valence-corrected chi connectivity index (χ0v) is 23.1. The first-order valence-corrected chi connectivity index (χ1v) is 13.3. The molecular weight excluding hydrogens is 537 g/mol. The number of pyridine rings is 1. The standard InChI is InChI=1S/C30H33F3N4O4/c1-19-15-37(20(2)18-38)29(40)24-5-4-6-25(35-28(39)22-11-13-34-14-12-22)27(24)41-26(19)17-36(3)16-21-7-9-23(10-8-21)30(31,32)33/h4-14,19-20,26,38H,15-18H2,1-3H3,(H,35,39)/t19-,20+,26?/m0/s1. The summed E-state index contributed by atoms with van der Waals surface area (Å²) in [5.74, 6) is -0.705. The van der Waals surface area contributed by atoms with Crippen LogP contribution in [0.25, 0.3) is 0 Å². The number of likely N-dealkylation sites (N-methyl/N-ethyl adjacent to an activating group) is 1. The monoisotopic (exact) mass is 570 g/mol. The minimum absolute atomic E-state index is 0.194. The van der Waals surface area contributed by atoms with Crippen LogP contribution in [0.5, 0.6) is 5.75 Å². The lowest BCUT2D eigenvalue weighted by Crippen LogP contribution is -2.49. The van der Waals surface area contributed by atoms with Crippen LogP contribution >= 0.6 is 0 Å². The lowest BCUT2D eigenvalue weighted by Gasteiger charge is -2.38. The Kier molecular flexibility index (Phi) is 9.29. The third kappa shape index (κ3) is 7.22. The number of carbonyl (C=O) groups is 2. The fourth-order valence-electron chi connectivity index (χ4n) is 4.74. The second-order valence-corrected chi connectivity index (χ2v) is 10.4. The van der Waals surface area contributed by atoms with Crippen molar-refractivity contribution in [1.82, 2.24) is 14.8 Å². The third-order valence-corrected chi connectivity index (χ3v) is 7.11. The molecule has 218 valence electrons. The molecule has 2 N–H and O–H groups in total. The quantitative estimate of drug-likeness (QED) is 0.408. The number of carbonyl (C=O) groups excluding carboxylic acids is 2. The maximum atomic E-state index is 13.6. The van der Waals surface area contributed by atoms with Crippen molar-refractivity contribution in [2.75, 3.05) is 32.1 Å². The molecule has 0 aliphatic carbocycles. The summed E-state index contributed by atoms with van der Waals surface area (Å²) in [6.07, 6.45) is -1.86. The molecule has 0 bridgehead atoms. The van der Waals surface area contributed by atoms with Gasteiger partial charge in [0.1, 0.15) is 6.10 Å². The molecule has 1 unspecified atom stereocenters. The van der Waals surface area contributed by atoms with Crippen molar-refractivity contribution >= 4 is 17.5 Å². The second kappa shape index (κ2) is 12.7. The summed E-state index contributed by atoms with van der Waals surface area (Å²) in [5, 5.41) is 12.7. The lowest BCUT2D eigenvalue weighted by atomic mass is 9.98. The molecule has 1 aromatic heterocycles. The molecule has 0 saturated heterocycles. The smallest absolute Gasteiger partial charge is 0.416 e. The summed E-state index contributed by atoms with van der Waals surface area (Å²) < 4.78 is 45.4. The van der Waals surface area contributed by atoms with Crippen molar-refractivity contribution in [1.29, 1.82) is 0 Å². The Bertz CT molecular complexity index is 1350. The molecule has 0 radical (unpaired) electrons. The molecule has 1 aliphatic rings. The van der Waals surface area contributed by atoms with Crippen LogP contribution in [0.1, 0.15) is 45.7 Å². The van der Waals surface area contributed by atoms with Gasteiger partial charge in [0, 0.05) is 43.5 Å². The number of ether oxygens (including phenoxy) is 1. The highest BCUT2D eigenvalue weighted by atomic mass is 19.4. The largest absolute Gasteiger partial charge is 0.486 e. The zero-order chi connectivity index (χ0) is 29.7. The van der Waals surface area contributed by atoms with Gasteiger partial charge in [-0.15, -0.1) is 0 Å². The summed E-state index contributed by atoms with van der Waals surface area (Å²) >= 11 is 0. The van der Waals surface area contributed by atoms with Crippen LogP contribution in [0.3, 0.4) is 0 Å². The van der Waals surface area contributed by atoms with Crippen LogP contribution in [0, 0.1) is 5.92 Å². The fraction of sp³-hybridized carbons (Fsp3) is 0.367. The van der Waals surface area contributed by atoms with Gasteiger partial charge in [-0.3, -0.25) is 19.5 Å². The Labute approximate surface area is 236 Å². The van der Waals surface area contributed by atoms with E-state index < -0.39 is 29.8 Å². The highest BCUT2D eigenvalue weighted by Crippen LogP contribution is 2.35. The van der Waals surface area contributed by atoms with Gasteiger partial charge in [-0.2, -0.15) is 13.2 Å². The number of hydrogen-bond acceptors (Lipinski definition) is 6. The van der Waals surface area contributed by atoms with Crippen molar-refractivity contribution in [2.45, 2.75) is 38.7 Å². The van der Waals surface area contributed by atoms with Gasteiger partial charge in [-0.1, -0.05) is 25.1 Å². The number of amides is 2. The fourth-order valence-corrected chi connectivity index (χ4v) is 4.74. The number of hydrogen-bond donors (Lipinski definition) is 2. The minimum Gasteiger partial charge on any atom is -0.486 e. The number of alkyl halides is 3. The van der Waals surface area contributed by atoms with E-state index in [1.54, 1.807) is 42.2 Å². The van der Waals surface area contributed by atoms with Gasteiger partial charge in [0.2, 0.25) is 0 Å². The molecule has 8 nitrogen and oxygen atoms in total. The number of anilines is 1. The number of benzene rings is 2. The summed E-state index contributed by atoms with van der Waals surface area (Å²) in [4.78, 5) is 34.1. The maximum absolute atomic E-state index is 13.6. The molecule has 0 spiro atoms. The van der Waals surface area contributed by atoms with Crippen molar-refractivity contribution in [3.05, 3.63) is 89.2 Å². The average molecular weight is 571 g/mol. The molecule has 2 aromatic carbocycles. The number of halogens is 3. The number of aliphatic hydroxyl groups excluding tert-OH is 1. The molecule has 4 rings (SSSR count). The molecule has 0 fully saturated rings. The van der Waals surface area contributed by atoms with E-state index in [9.17, 15) is 27.9 Å². The summed E-state index contributed by atoms with van der Waals surface area (Å²) in [6.45, 7) is 4.52. The first-order chi connectivity index (χ1) is 19.5. The van der Waals surface area contributed by atoms with Gasteiger partial charge >= 0.3 is 6.18 Å². The average Bonchev–Trinajstić information content (AvgIpc) is 2.95. The molecule has 3 atom stereocenters. The second-order valence-electron chi connectivity index (χ2n) is 10.4. The van der Waals surface area contributed by atoms with Crippen LogP contribution in [0.15, 0.2) is 67.0 Å². The first kappa shape index (κ1) is 30.0. The van der Waals surface area contributed by atoms with E-state index in [4.69, 9.17) is 4.74 Å². The van der Waals surface area contributed by atoms with Crippen LogP contribution in [-0.4, -0.2) is 70.6 Å². The van der Waals surface area contributed by atoms with Gasteiger partial charge in [0.05, 0.1) is 29.5 Å². The van der Waals surface area contributed by atoms with Crippen molar-refractivity contribution < 1.29 is 32.6 Å². The van der Waals surface area contributed by atoms with Crippen LogP contribution in [-0.2, 0) is 12.7 Å². The Morgan fingerprint density at radius 3 is 2.49 bits per heavy atom. The predicted octanol–water partition coefficient (Wildman–Crippen LogP) is 4.70. The number of para-hydroxylation sites is 1. The topological polar surface area (TPSA) is 95.0 Å². The number of rotatable bonds is 8. The Hall–Kier alpha value is -3.96. The Morgan fingerprint density at radius 2 is 1.85 bits per heavy atom. The van der Waals surface area contributed by atoms with Crippen LogP contribution in [0.2, 0.25) is 0 Å². The molecule has 41 heavy (non-hydrogen) atoms. The van der Waals surface area contributed by atoms with Gasteiger partial charge in [-0.25, -0.2) is 0 Å². The number of fused-ring (bicyclic) bond motifs is 1. The predicted molar refractivity (Wildman–Crippen MR) is 148 cm³/mol. The van der Waals surface area contributed by atoms with Crippen molar-refractivity contribution in [2.24, 2.45) is 5.92 Å². The molecule has 2 amide bonds. The lowest BCUT2D eigenvalue weighted by molar-refractivity contribution is -0.137. The Morgan fingerprint density at radius 1 is 1.17 bits per heavy atom. The number of nitrogens with zero attached hydrogens (tertiary/aromatic N) is 3. The summed E-state index contributed by atoms with van der Waals surface area (Å²) in [6, 6.07) is 12.6. The molecule has 3 aromatic rings. The van der Waals surface area contributed by atoms with Gasteiger partial charge < -0.3 is 20.1 Å². The van der Waals surface area contributed by atoms with Gasteiger partial charge in [-0.05, 0) is 55.9 Å². The molecule has 1 aliphatic heterocycles. The summed E-state index contributed by atoms with van der Waals surface area (Å²) in [7, 11) is 1.84. The van der Waals surface area contributed by atoms with E-state index >= 15 is 0 Å².